The van der Waals surface area contributed by atoms with Crippen molar-refractivity contribution in [3.8, 4) is 0 Å². The third-order valence-corrected chi connectivity index (χ3v) is 3.23. The molecule has 0 saturated carbocycles. The van der Waals surface area contributed by atoms with Gasteiger partial charge in [-0.1, -0.05) is 18.5 Å². The number of rotatable bonds is 5. The number of hydrogen-bond donors (Lipinski definition) is 2. The van der Waals surface area contributed by atoms with Gasteiger partial charge in [-0.2, -0.15) is 0 Å². The maximum atomic E-state index is 12.4. The molecule has 2 aromatic rings. The summed E-state index contributed by atoms with van der Waals surface area (Å²) in [4.78, 5) is 20.6. The van der Waals surface area contributed by atoms with Gasteiger partial charge in [-0.05, 0) is 37.1 Å². The molecule has 0 fully saturated rings. The van der Waals surface area contributed by atoms with Gasteiger partial charge in [0, 0.05) is 18.9 Å². The van der Waals surface area contributed by atoms with Crippen molar-refractivity contribution in [3.63, 3.8) is 0 Å². The number of nitrogens with zero attached hydrogens (tertiary/aromatic N) is 2. The Bertz CT molecular complexity index is 625. The Morgan fingerprint density at radius 1 is 1.29 bits per heavy atom. The smallest absolute Gasteiger partial charge is 0.259 e. The van der Waals surface area contributed by atoms with Crippen molar-refractivity contribution < 1.29 is 4.79 Å². The van der Waals surface area contributed by atoms with E-state index in [4.69, 9.17) is 11.6 Å². The minimum absolute atomic E-state index is 0.264. The molecule has 0 aliphatic heterocycles. The number of aromatic nitrogens is 2. The van der Waals surface area contributed by atoms with Crippen molar-refractivity contribution in [1.82, 2.24) is 9.97 Å². The van der Waals surface area contributed by atoms with E-state index in [0.29, 0.717) is 17.1 Å². The fraction of sp³-hybridized carbons (Fsp3) is 0.267. The second-order valence-corrected chi connectivity index (χ2v) is 4.93. The predicted molar refractivity (Wildman–Crippen MR) is 85.0 cm³/mol. The van der Waals surface area contributed by atoms with Crippen LogP contribution in [0.5, 0.6) is 0 Å². The molecule has 0 aliphatic rings. The van der Waals surface area contributed by atoms with Gasteiger partial charge in [-0.15, -0.1) is 0 Å². The third kappa shape index (κ3) is 3.70. The topological polar surface area (TPSA) is 66.9 Å². The van der Waals surface area contributed by atoms with Gasteiger partial charge in [-0.3, -0.25) is 4.79 Å². The molecule has 2 heterocycles. The second kappa shape index (κ2) is 7.04. The molecular weight excluding hydrogens is 288 g/mol. The second-order valence-electron chi connectivity index (χ2n) is 4.57. The van der Waals surface area contributed by atoms with E-state index < -0.39 is 0 Å². The summed E-state index contributed by atoms with van der Waals surface area (Å²) < 4.78 is 0. The van der Waals surface area contributed by atoms with Crippen LogP contribution in [0.3, 0.4) is 0 Å². The monoisotopic (exact) mass is 304 g/mol. The van der Waals surface area contributed by atoms with Crippen LogP contribution in [0.25, 0.3) is 0 Å². The summed E-state index contributed by atoms with van der Waals surface area (Å²) in [5.41, 5.74) is 1.86. The molecule has 21 heavy (non-hydrogen) atoms. The average Bonchev–Trinajstić information content (AvgIpc) is 2.49. The van der Waals surface area contributed by atoms with Gasteiger partial charge in [0.1, 0.15) is 5.82 Å². The molecule has 0 spiro atoms. The highest BCUT2D eigenvalue weighted by atomic mass is 35.5. The number of nitrogens with one attached hydrogen (secondary N) is 2. The first-order chi connectivity index (χ1) is 10.1. The van der Waals surface area contributed by atoms with E-state index in [1.165, 1.54) is 0 Å². The molecule has 0 radical (unpaired) electrons. The van der Waals surface area contributed by atoms with E-state index in [9.17, 15) is 4.79 Å². The van der Waals surface area contributed by atoms with Gasteiger partial charge in [0.25, 0.3) is 5.91 Å². The fourth-order valence-corrected chi connectivity index (χ4v) is 2.08. The summed E-state index contributed by atoms with van der Waals surface area (Å²) in [6.45, 7) is 4.67. The summed E-state index contributed by atoms with van der Waals surface area (Å²) >= 11 is 6.03. The van der Waals surface area contributed by atoms with Gasteiger partial charge < -0.3 is 10.6 Å². The Kier molecular flexibility index (Phi) is 5.11. The molecule has 5 nitrogen and oxygen atoms in total. The summed E-state index contributed by atoms with van der Waals surface area (Å²) in [5, 5.41) is 6.21. The Morgan fingerprint density at radius 3 is 2.81 bits per heavy atom. The minimum atomic E-state index is -0.264. The maximum absolute atomic E-state index is 12.4. The van der Waals surface area contributed by atoms with Gasteiger partial charge in [0.2, 0.25) is 0 Å². The van der Waals surface area contributed by atoms with Crippen LogP contribution < -0.4 is 10.6 Å². The summed E-state index contributed by atoms with van der Waals surface area (Å²) in [6.07, 6.45) is 4.20. The fourth-order valence-electron chi connectivity index (χ4n) is 1.83. The van der Waals surface area contributed by atoms with Crippen LogP contribution in [0.1, 0.15) is 29.3 Å². The van der Waals surface area contributed by atoms with Gasteiger partial charge in [0.05, 0.1) is 11.3 Å². The van der Waals surface area contributed by atoms with Gasteiger partial charge in [-0.25, -0.2) is 9.97 Å². The highest BCUT2D eigenvalue weighted by molar-refractivity contribution is 6.33. The molecule has 0 bridgehead atoms. The van der Waals surface area contributed by atoms with Crippen LogP contribution in [-0.2, 0) is 0 Å². The Hall–Kier alpha value is -2.14. The first-order valence-electron chi connectivity index (χ1n) is 6.74. The normalized spacial score (nSPS) is 10.2. The van der Waals surface area contributed by atoms with Crippen LogP contribution >= 0.6 is 11.6 Å². The Morgan fingerprint density at radius 2 is 2.10 bits per heavy atom. The number of hydrogen-bond acceptors (Lipinski definition) is 4. The molecule has 1 amide bonds. The van der Waals surface area contributed by atoms with Crippen molar-refractivity contribution in [2.45, 2.75) is 20.3 Å². The highest BCUT2D eigenvalue weighted by Gasteiger charge is 2.15. The number of carbonyl (C=O) groups is 1. The van der Waals surface area contributed by atoms with E-state index in [2.05, 4.69) is 27.5 Å². The van der Waals surface area contributed by atoms with E-state index in [1.54, 1.807) is 30.6 Å². The third-order valence-electron chi connectivity index (χ3n) is 2.95. The van der Waals surface area contributed by atoms with Crippen molar-refractivity contribution >= 4 is 29.0 Å². The lowest BCUT2D eigenvalue weighted by Crippen LogP contribution is -2.17. The summed E-state index contributed by atoms with van der Waals surface area (Å²) in [6, 6.07) is 5.24. The van der Waals surface area contributed by atoms with E-state index in [-0.39, 0.29) is 11.1 Å². The SMILES string of the molecule is CCCNc1ncccc1C(=O)Nc1c(C)ccnc1Cl. The number of halogens is 1. The summed E-state index contributed by atoms with van der Waals surface area (Å²) in [7, 11) is 0. The Balaban J connectivity index is 2.25. The predicted octanol–water partition coefficient (Wildman–Crippen LogP) is 3.51. The lowest BCUT2D eigenvalue weighted by molar-refractivity contribution is 0.102. The van der Waals surface area contributed by atoms with Crippen LogP contribution in [0.4, 0.5) is 11.5 Å². The maximum Gasteiger partial charge on any atom is 0.259 e. The Labute approximate surface area is 128 Å². The molecule has 0 atom stereocenters. The van der Waals surface area contributed by atoms with Crippen molar-refractivity contribution in [1.29, 1.82) is 0 Å². The zero-order valence-electron chi connectivity index (χ0n) is 12.0. The number of carbonyl (C=O) groups excluding carboxylic acids is 1. The van der Waals surface area contributed by atoms with Gasteiger partial charge >= 0.3 is 0 Å². The summed E-state index contributed by atoms with van der Waals surface area (Å²) in [5.74, 6) is 0.300. The molecule has 0 aromatic carbocycles. The van der Waals surface area contributed by atoms with Crippen molar-refractivity contribution in [3.05, 3.63) is 46.9 Å². The van der Waals surface area contributed by atoms with Crippen molar-refractivity contribution in [2.24, 2.45) is 0 Å². The molecule has 2 N–H and O–H groups in total. The highest BCUT2D eigenvalue weighted by Crippen LogP contribution is 2.24. The number of anilines is 2. The number of pyridine rings is 2. The molecule has 0 aliphatic carbocycles. The quantitative estimate of drug-likeness (QED) is 0.830. The van der Waals surface area contributed by atoms with E-state index >= 15 is 0 Å². The zero-order chi connectivity index (χ0) is 15.2. The molecule has 110 valence electrons. The number of aryl methyl sites for hydroxylation is 1. The zero-order valence-corrected chi connectivity index (χ0v) is 12.7. The average molecular weight is 305 g/mol. The van der Waals surface area contributed by atoms with E-state index in [0.717, 1.165) is 18.5 Å². The largest absolute Gasteiger partial charge is 0.369 e. The molecule has 2 aromatic heterocycles. The molecule has 2 rings (SSSR count). The van der Waals surface area contributed by atoms with Crippen LogP contribution in [-0.4, -0.2) is 22.4 Å². The number of amides is 1. The minimum Gasteiger partial charge on any atom is -0.369 e. The van der Waals surface area contributed by atoms with Crippen LogP contribution in [0, 0.1) is 6.92 Å². The lowest BCUT2D eigenvalue weighted by atomic mass is 10.2. The van der Waals surface area contributed by atoms with Crippen LogP contribution in [0.15, 0.2) is 30.6 Å². The molecule has 0 unspecified atom stereocenters. The molecule has 0 saturated heterocycles. The molecule has 6 heteroatoms. The van der Waals surface area contributed by atoms with E-state index in [1.807, 2.05) is 6.92 Å². The van der Waals surface area contributed by atoms with Crippen molar-refractivity contribution in [2.75, 3.05) is 17.2 Å². The molecular formula is C15H17ClN4O. The first-order valence-corrected chi connectivity index (χ1v) is 7.12. The lowest BCUT2D eigenvalue weighted by Gasteiger charge is -2.12. The standard InChI is InChI=1S/C15H17ClN4O/c1-3-7-18-14-11(5-4-8-19-14)15(21)20-12-10(2)6-9-17-13(12)16/h4-6,8-9H,3,7H2,1-2H3,(H,18,19)(H,20,21). The van der Waals surface area contributed by atoms with Crippen LogP contribution in [0.2, 0.25) is 5.15 Å². The van der Waals surface area contributed by atoms with Gasteiger partial charge in [0.15, 0.2) is 5.15 Å². The first kappa shape index (κ1) is 15.3.